The summed E-state index contributed by atoms with van der Waals surface area (Å²) in [5.74, 6) is -0.604. The fraction of sp³-hybridized carbons (Fsp3) is 0.448. The molecule has 0 radical (unpaired) electrons. The van der Waals surface area contributed by atoms with Crippen molar-refractivity contribution in [1.82, 2.24) is 24.6 Å². The van der Waals surface area contributed by atoms with Crippen LogP contribution < -0.4 is 15.0 Å². The molecule has 0 spiro atoms. The van der Waals surface area contributed by atoms with Crippen LogP contribution in [-0.2, 0) is 11.8 Å². The lowest BCUT2D eigenvalue weighted by Gasteiger charge is -2.43. The number of nitrogens with zero attached hydrogens (tertiary/aromatic N) is 6. The molecule has 3 unspecified atom stereocenters. The number of likely N-dealkylation sites (N-methyl/N-ethyl adjacent to an activating group) is 1. The minimum atomic E-state index is -0.499. The number of carbonyl (C=O) groups excluding carboxylic acids is 1. The van der Waals surface area contributed by atoms with Gasteiger partial charge in [-0.25, -0.2) is 9.37 Å². The molecule has 3 atom stereocenters. The van der Waals surface area contributed by atoms with Gasteiger partial charge in [0.2, 0.25) is 0 Å². The Balaban J connectivity index is 1.36. The number of hydrogen-bond acceptors (Lipinski definition) is 8. The van der Waals surface area contributed by atoms with Crippen molar-refractivity contribution in [3.8, 4) is 6.01 Å². The number of fused-ring (bicyclic) bond motifs is 2. The number of hydrogen-bond donors (Lipinski definition) is 1. The molecule has 1 N–H and O–H groups in total. The lowest BCUT2D eigenvalue weighted by Crippen LogP contribution is -2.55. The molecule has 1 amide bonds. The molecule has 0 aliphatic carbocycles. The van der Waals surface area contributed by atoms with E-state index in [0.717, 1.165) is 37.2 Å². The van der Waals surface area contributed by atoms with Crippen molar-refractivity contribution in [3.63, 3.8) is 0 Å². The summed E-state index contributed by atoms with van der Waals surface area (Å²) >= 11 is 0. The van der Waals surface area contributed by atoms with Crippen LogP contribution in [0, 0.1) is 11.7 Å². The first kappa shape index (κ1) is 26.4. The molecule has 2 fully saturated rings. The van der Waals surface area contributed by atoms with Gasteiger partial charge in [-0.2, -0.15) is 10.1 Å². The van der Waals surface area contributed by atoms with Crippen LogP contribution in [0.25, 0.3) is 21.8 Å². The first-order valence-electron chi connectivity index (χ1n) is 13.7. The standard InChI is InChI=1S/C29H34FN7O3/c1-17-12-37(13-18(2)36(17)4)25-6-5-22(27-23(25)11-31-29(33-27)40-16-19-7-8-39-15-19)28(38)32-21-9-20-14-35(3)34-26(20)24(30)10-21/h5-6,9-11,14,17-19H,7-8,12-13,15-16H2,1-4H3,(H,32,38). The molecule has 2 aromatic heterocycles. The molecule has 2 aliphatic rings. The van der Waals surface area contributed by atoms with Crippen LogP contribution in [0.1, 0.15) is 30.6 Å². The van der Waals surface area contributed by atoms with E-state index in [0.29, 0.717) is 53.4 Å². The number of benzene rings is 2. The number of anilines is 2. The highest BCUT2D eigenvalue weighted by atomic mass is 19.1. The number of ether oxygens (including phenoxy) is 2. The number of nitrogens with one attached hydrogen (secondary N) is 1. The van der Waals surface area contributed by atoms with Gasteiger partial charge in [0.15, 0.2) is 5.82 Å². The summed E-state index contributed by atoms with van der Waals surface area (Å²) in [5, 5.41) is 8.36. The normalized spacial score (nSPS) is 21.8. The van der Waals surface area contributed by atoms with E-state index in [1.54, 1.807) is 36.3 Å². The van der Waals surface area contributed by atoms with E-state index in [4.69, 9.17) is 14.5 Å². The monoisotopic (exact) mass is 547 g/mol. The highest BCUT2D eigenvalue weighted by molar-refractivity contribution is 6.14. The zero-order valence-electron chi connectivity index (χ0n) is 23.2. The summed E-state index contributed by atoms with van der Waals surface area (Å²) < 4.78 is 27.6. The Morgan fingerprint density at radius 3 is 2.73 bits per heavy atom. The van der Waals surface area contributed by atoms with Gasteiger partial charge in [-0.3, -0.25) is 14.4 Å². The van der Waals surface area contributed by atoms with Crippen LogP contribution in [0.3, 0.4) is 0 Å². The van der Waals surface area contributed by atoms with Crippen molar-refractivity contribution in [3.05, 3.63) is 48.0 Å². The average Bonchev–Trinajstić information content (AvgIpc) is 3.59. The molecule has 0 bridgehead atoms. The third-order valence-electron chi connectivity index (χ3n) is 8.06. The minimum Gasteiger partial charge on any atom is -0.463 e. The van der Waals surface area contributed by atoms with Crippen LogP contribution in [0.2, 0.25) is 0 Å². The van der Waals surface area contributed by atoms with Gasteiger partial charge in [0.05, 0.1) is 24.3 Å². The highest BCUT2D eigenvalue weighted by Crippen LogP contribution is 2.32. The molecule has 2 saturated heterocycles. The summed E-state index contributed by atoms with van der Waals surface area (Å²) in [6.45, 7) is 7.93. The van der Waals surface area contributed by atoms with E-state index in [-0.39, 0.29) is 11.5 Å². The number of rotatable bonds is 6. The quantitative estimate of drug-likeness (QED) is 0.389. The van der Waals surface area contributed by atoms with E-state index >= 15 is 0 Å². The molecular weight excluding hydrogens is 513 g/mol. The molecule has 2 aliphatic heterocycles. The number of halogens is 1. The maximum absolute atomic E-state index is 14.7. The van der Waals surface area contributed by atoms with Gasteiger partial charge in [0.1, 0.15) is 5.52 Å². The fourth-order valence-electron chi connectivity index (χ4n) is 5.61. The Bertz CT molecular complexity index is 1560. The summed E-state index contributed by atoms with van der Waals surface area (Å²) in [5.41, 5.74) is 2.42. The average molecular weight is 548 g/mol. The number of amides is 1. The highest BCUT2D eigenvalue weighted by Gasteiger charge is 2.29. The van der Waals surface area contributed by atoms with Crippen LogP contribution in [0.4, 0.5) is 15.8 Å². The number of aryl methyl sites for hydroxylation is 1. The van der Waals surface area contributed by atoms with Crippen LogP contribution in [0.5, 0.6) is 6.01 Å². The summed E-state index contributed by atoms with van der Waals surface area (Å²) in [6.07, 6.45) is 4.38. The smallest absolute Gasteiger partial charge is 0.316 e. The first-order valence-corrected chi connectivity index (χ1v) is 13.7. The predicted molar refractivity (Wildman–Crippen MR) is 151 cm³/mol. The van der Waals surface area contributed by atoms with Gasteiger partial charge < -0.3 is 19.7 Å². The largest absolute Gasteiger partial charge is 0.463 e. The SMILES string of the molecule is CC1CN(c2ccc(C(=O)Nc3cc(F)c4nn(C)cc4c3)c3nc(OCC4CCOC4)ncc23)CC(C)N1C. The minimum absolute atomic E-state index is 0.216. The first-order chi connectivity index (χ1) is 19.3. The topological polar surface area (TPSA) is 97.6 Å². The van der Waals surface area contributed by atoms with Crippen LogP contribution >= 0.6 is 0 Å². The van der Waals surface area contributed by atoms with Gasteiger partial charge in [0.25, 0.3) is 5.91 Å². The van der Waals surface area contributed by atoms with Crippen molar-refractivity contribution in [2.75, 3.05) is 50.2 Å². The molecule has 2 aromatic carbocycles. The van der Waals surface area contributed by atoms with Crippen LogP contribution in [-0.4, -0.2) is 82.6 Å². The molecule has 4 aromatic rings. The predicted octanol–water partition coefficient (Wildman–Crippen LogP) is 3.85. The van der Waals surface area contributed by atoms with E-state index in [9.17, 15) is 9.18 Å². The third kappa shape index (κ3) is 5.06. The maximum atomic E-state index is 14.7. The van der Waals surface area contributed by atoms with E-state index in [1.807, 2.05) is 6.07 Å². The molecule has 10 nitrogen and oxygen atoms in total. The summed E-state index contributed by atoms with van der Waals surface area (Å²) in [7, 11) is 3.87. The zero-order chi connectivity index (χ0) is 28.0. The zero-order valence-corrected chi connectivity index (χ0v) is 23.2. The number of carbonyl (C=O) groups is 1. The molecule has 11 heteroatoms. The van der Waals surface area contributed by atoms with Gasteiger partial charge in [-0.1, -0.05) is 0 Å². The Kier molecular flexibility index (Phi) is 7.01. The van der Waals surface area contributed by atoms with Crippen molar-refractivity contribution in [2.45, 2.75) is 32.4 Å². The van der Waals surface area contributed by atoms with Gasteiger partial charge >= 0.3 is 6.01 Å². The molecule has 4 heterocycles. The summed E-state index contributed by atoms with van der Waals surface area (Å²) in [4.78, 5) is 27.5. The lowest BCUT2D eigenvalue weighted by atomic mass is 10.0. The van der Waals surface area contributed by atoms with Crippen molar-refractivity contribution in [2.24, 2.45) is 13.0 Å². The van der Waals surface area contributed by atoms with Gasteiger partial charge in [-0.05, 0) is 51.6 Å². The Morgan fingerprint density at radius 2 is 1.98 bits per heavy atom. The van der Waals surface area contributed by atoms with Crippen molar-refractivity contribution < 1.29 is 18.7 Å². The Hall–Kier alpha value is -3.83. The van der Waals surface area contributed by atoms with Crippen molar-refractivity contribution in [1.29, 1.82) is 0 Å². The third-order valence-corrected chi connectivity index (χ3v) is 8.06. The Labute approximate surface area is 232 Å². The van der Waals surface area contributed by atoms with E-state index < -0.39 is 11.7 Å². The van der Waals surface area contributed by atoms with Gasteiger partial charge in [0, 0.05) is 79.3 Å². The molecule has 6 rings (SSSR count). The molecule has 0 saturated carbocycles. The maximum Gasteiger partial charge on any atom is 0.316 e. The second-order valence-corrected chi connectivity index (χ2v) is 11.0. The number of piperazine rings is 1. The lowest BCUT2D eigenvalue weighted by molar-refractivity contribution is 0.102. The summed E-state index contributed by atoms with van der Waals surface area (Å²) in [6, 6.07) is 7.65. The molecule has 210 valence electrons. The van der Waals surface area contributed by atoms with E-state index in [2.05, 4.69) is 46.1 Å². The fourth-order valence-corrected chi connectivity index (χ4v) is 5.61. The second-order valence-electron chi connectivity index (χ2n) is 11.0. The van der Waals surface area contributed by atoms with Crippen molar-refractivity contribution >= 4 is 39.1 Å². The van der Waals surface area contributed by atoms with Gasteiger partial charge in [-0.15, -0.1) is 0 Å². The molecule has 40 heavy (non-hydrogen) atoms. The Morgan fingerprint density at radius 1 is 1.18 bits per heavy atom. The van der Waals surface area contributed by atoms with Crippen LogP contribution in [0.15, 0.2) is 36.7 Å². The number of aromatic nitrogens is 4. The van der Waals surface area contributed by atoms with E-state index in [1.165, 1.54) is 6.07 Å². The molecular formula is C29H34FN7O3. The second kappa shape index (κ2) is 10.6.